The van der Waals surface area contributed by atoms with Gasteiger partial charge < -0.3 is 4.90 Å². The van der Waals surface area contributed by atoms with E-state index < -0.39 is 10.0 Å². The number of anilines is 1. The molecule has 0 unspecified atom stereocenters. The number of sulfonamides is 1. The molecule has 0 amide bonds. The van der Waals surface area contributed by atoms with E-state index in [2.05, 4.69) is 19.7 Å². The van der Waals surface area contributed by atoms with Crippen molar-refractivity contribution in [2.45, 2.75) is 18.9 Å². The number of H-pyrrole nitrogens is 1. The van der Waals surface area contributed by atoms with Crippen LogP contribution < -0.4 is 4.90 Å². The first-order chi connectivity index (χ1) is 8.97. The lowest BCUT2D eigenvalue weighted by Crippen LogP contribution is -2.49. The molecule has 0 atom stereocenters. The lowest BCUT2D eigenvalue weighted by atomic mass is 10.4. The Kier molecular flexibility index (Phi) is 3.14. The van der Waals surface area contributed by atoms with Crippen molar-refractivity contribution >= 4 is 28.2 Å². The van der Waals surface area contributed by atoms with Crippen molar-refractivity contribution in [3.8, 4) is 0 Å². The van der Waals surface area contributed by atoms with Crippen LogP contribution in [0.5, 0.6) is 0 Å². The molecule has 1 N–H and O–H groups in total. The van der Waals surface area contributed by atoms with Crippen molar-refractivity contribution in [1.29, 1.82) is 0 Å². The predicted molar refractivity (Wildman–Crippen MR) is 74.3 cm³/mol. The number of aromatic nitrogens is 3. The SMILES string of the molecule is CS(=O)(=O)N1CCN(c2n[nH]c(=S)n2C2CC2)CC1. The highest BCUT2D eigenvalue weighted by Gasteiger charge is 2.31. The Morgan fingerprint density at radius 3 is 2.42 bits per heavy atom. The molecule has 2 fully saturated rings. The molecular formula is C10H17N5O2S2. The molecule has 2 heterocycles. The molecular weight excluding hydrogens is 286 g/mol. The first kappa shape index (κ1) is 13.1. The van der Waals surface area contributed by atoms with Gasteiger partial charge in [0.25, 0.3) is 0 Å². The molecule has 19 heavy (non-hydrogen) atoms. The van der Waals surface area contributed by atoms with E-state index in [9.17, 15) is 8.42 Å². The molecule has 0 radical (unpaired) electrons. The minimum absolute atomic E-state index is 0.467. The normalized spacial score (nSPS) is 21.8. The average Bonchev–Trinajstić information content (AvgIpc) is 3.12. The van der Waals surface area contributed by atoms with Crippen molar-refractivity contribution in [3.63, 3.8) is 0 Å². The molecule has 1 aliphatic heterocycles. The molecule has 2 aliphatic rings. The Labute approximate surface area is 117 Å². The molecule has 1 aliphatic carbocycles. The smallest absolute Gasteiger partial charge is 0.226 e. The van der Waals surface area contributed by atoms with Crippen LogP contribution in [0, 0.1) is 4.77 Å². The molecule has 0 aromatic carbocycles. The molecule has 1 aromatic heterocycles. The van der Waals surface area contributed by atoms with Crippen molar-refractivity contribution in [2.75, 3.05) is 37.3 Å². The Hall–Kier alpha value is -0.930. The Morgan fingerprint density at radius 1 is 1.26 bits per heavy atom. The fourth-order valence-corrected chi connectivity index (χ4v) is 3.50. The fraction of sp³-hybridized carbons (Fsp3) is 0.800. The summed E-state index contributed by atoms with van der Waals surface area (Å²) >= 11 is 5.25. The van der Waals surface area contributed by atoms with Crippen LogP contribution in [0.15, 0.2) is 0 Å². The van der Waals surface area contributed by atoms with E-state index >= 15 is 0 Å². The first-order valence-corrected chi connectivity index (χ1v) is 8.59. The standard InChI is InChI=1S/C10H17N5O2S2/c1-19(16,17)14-6-4-13(5-7-14)9-11-12-10(18)15(9)8-2-3-8/h8H,2-7H2,1H3,(H,12,18). The number of hydrogen-bond donors (Lipinski definition) is 1. The summed E-state index contributed by atoms with van der Waals surface area (Å²) in [5, 5.41) is 7.13. The van der Waals surface area contributed by atoms with Crippen LogP contribution in [0.3, 0.4) is 0 Å². The summed E-state index contributed by atoms with van der Waals surface area (Å²) in [5.41, 5.74) is 0. The van der Waals surface area contributed by atoms with Gasteiger partial charge in [-0.05, 0) is 25.1 Å². The largest absolute Gasteiger partial charge is 0.338 e. The number of nitrogens with one attached hydrogen (secondary N) is 1. The molecule has 0 bridgehead atoms. The van der Waals surface area contributed by atoms with E-state index in [0.717, 1.165) is 18.8 Å². The molecule has 1 saturated heterocycles. The number of hydrogen-bond acceptors (Lipinski definition) is 5. The summed E-state index contributed by atoms with van der Waals surface area (Å²) in [6.07, 6.45) is 3.54. The summed E-state index contributed by atoms with van der Waals surface area (Å²) in [6.45, 7) is 2.31. The maximum Gasteiger partial charge on any atom is 0.226 e. The van der Waals surface area contributed by atoms with Gasteiger partial charge in [-0.15, -0.1) is 5.10 Å². The van der Waals surface area contributed by atoms with Crippen LogP contribution >= 0.6 is 12.2 Å². The van der Waals surface area contributed by atoms with Crippen LogP contribution in [-0.2, 0) is 10.0 Å². The molecule has 3 rings (SSSR count). The number of aromatic amines is 1. The van der Waals surface area contributed by atoms with Gasteiger partial charge >= 0.3 is 0 Å². The van der Waals surface area contributed by atoms with Crippen LogP contribution in [0.2, 0.25) is 0 Å². The van der Waals surface area contributed by atoms with Gasteiger partial charge in [0.2, 0.25) is 16.0 Å². The van der Waals surface area contributed by atoms with E-state index in [1.165, 1.54) is 10.6 Å². The lowest BCUT2D eigenvalue weighted by Gasteiger charge is -2.33. The second-order valence-electron chi connectivity index (χ2n) is 5.08. The molecule has 9 heteroatoms. The third kappa shape index (κ3) is 2.54. The van der Waals surface area contributed by atoms with E-state index in [4.69, 9.17) is 12.2 Å². The summed E-state index contributed by atoms with van der Waals surface area (Å²) in [5.74, 6) is 0.848. The number of nitrogens with zero attached hydrogens (tertiary/aromatic N) is 4. The second kappa shape index (κ2) is 4.57. The molecule has 1 aromatic rings. The molecule has 0 spiro atoms. The predicted octanol–water partition coefficient (Wildman–Crippen LogP) is 0.357. The molecule has 1 saturated carbocycles. The topological polar surface area (TPSA) is 74.2 Å². The first-order valence-electron chi connectivity index (χ1n) is 6.34. The Bertz CT molecular complexity index is 623. The maximum atomic E-state index is 11.5. The van der Waals surface area contributed by atoms with Crippen LogP contribution in [0.1, 0.15) is 18.9 Å². The van der Waals surface area contributed by atoms with Gasteiger partial charge in [0.05, 0.1) is 6.26 Å². The summed E-state index contributed by atoms with van der Waals surface area (Å²) in [7, 11) is -3.09. The molecule has 7 nitrogen and oxygen atoms in total. The summed E-state index contributed by atoms with van der Waals surface area (Å²) < 4.78 is 27.2. The zero-order chi connectivity index (χ0) is 13.6. The minimum Gasteiger partial charge on any atom is -0.338 e. The third-order valence-electron chi connectivity index (χ3n) is 3.59. The monoisotopic (exact) mass is 303 g/mol. The van der Waals surface area contributed by atoms with E-state index in [0.29, 0.717) is 37.0 Å². The van der Waals surface area contributed by atoms with E-state index in [1.807, 2.05) is 0 Å². The van der Waals surface area contributed by atoms with Gasteiger partial charge in [0.15, 0.2) is 4.77 Å². The Balaban J connectivity index is 1.77. The fourth-order valence-electron chi connectivity index (χ4n) is 2.40. The van der Waals surface area contributed by atoms with Gasteiger partial charge in [-0.1, -0.05) is 0 Å². The zero-order valence-corrected chi connectivity index (χ0v) is 12.4. The van der Waals surface area contributed by atoms with Gasteiger partial charge in [-0.25, -0.2) is 13.5 Å². The Morgan fingerprint density at radius 2 is 1.89 bits per heavy atom. The lowest BCUT2D eigenvalue weighted by molar-refractivity contribution is 0.383. The van der Waals surface area contributed by atoms with Crippen LogP contribution in [-0.4, -0.2) is 59.9 Å². The van der Waals surface area contributed by atoms with Gasteiger partial charge in [-0.2, -0.15) is 4.31 Å². The zero-order valence-electron chi connectivity index (χ0n) is 10.7. The van der Waals surface area contributed by atoms with Crippen LogP contribution in [0.4, 0.5) is 5.95 Å². The number of piperazine rings is 1. The maximum absolute atomic E-state index is 11.5. The van der Waals surface area contributed by atoms with Crippen molar-refractivity contribution in [2.24, 2.45) is 0 Å². The molecule has 106 valence electrons. The van der Waals surface area contributed by atoms with Crippen LogP contribution in [0.25, 0.3) is 0 Å². The summed E-state index contributed by atoms with van der Waals surface area (Å²) in [4.78, 5) is 2.10. The van der Waals surface area contributed by atoms with Crippen molar-refractivity contribution < 1.29 is 8.42 Å². The number of rotatable bonds is 3. The van der Waals surface area contributed by atoms with Gasteiger partial charge in [0, 0.05) is 32.2 Å². The van der Waals surface area contributed by atoms with E-state index in [-0.39, 0.29) is 0 Å². The second-order valence-corrected chi connectivity index (χ2v) is 7.45. The van der Waals surface area contributed by atoms with Gasteiger partial charge in [-0.3, -0.25) is 4.57 Å². The third-order valence-corrected chi connectivity index (χ3v) is 5.18. The van der Waals surface area contributed by atoms with E-state index in [1.54, 1.807) is 0 Å². The average molecular weight is 303 g/mol. The van der Waals surface area contributed by atoms with Crippen molar-refractivity contribution in [1.82, 2.24) is 19.1 Å². The highest BCUT2D eigenvalue weighted by atomic mass is 32.2. The quantitative estimate of drug-likeness (QED) is 0.816. The van der Waals surface area contributed by atoms with Gasteiger partial charge in [0.1, 0.15) is 0 Å². The highest BCUT2D eigenvalue weighted by molar-refractivity contribution is 7.88. The van der Waals surface area contributed by atoms with Crippen molar-refractivity contribution in [3.05, 3.63) is 4.77 Å². The minimum atomic E-state index is -3.09. The summed E-state index contributed by atoms with van der Waals surface area (Å²) in [6, 6.07) is 0.467. The highest BCUT2D eigenvalue weighted by Crippen LogP contribution is 2.37.